The Kier molecular flexibility index (Phi) is 3.79. The maximum Gasteiger partial charge on any atom is 0.0853 e. The fourth-order valence-electron chi connectivity index (χ4n) is 2.66. The van der Waals surface area contributed by atoms with Gasteiger partial charge in [-0.2, -0.15) is 0 Å². The number of hydrogen-bond donors (Lipinski definition) is 2. The molecule has 3 nitrogen and oxygen atoms in total. The van der Waals surface area contributed by atoms with Crippen molar-refractivity contribution in [3.05, 3.63) is 0 Å². The lowest BCUT2D eigenvalue weighted by atomic mass is 9.82. The topological polar surface area (TPSA) is 47.3 Å². The minimum Gasteiger partial charge on any atom is -0.374 e. The van der Waals surface area contributed by atoms with Crippen molar-refractivity contribution in [1.82, 2.24) is 5.32 Å². The molecule has 1 saturated heterocycles. The smallest absolute Gasteiger partial charge is 0.0853 e. The van der Waals surface area contributed by atoms with Crippen molar-refractivity contribution in [2.45, 2.75) is 44.2 Å². The molecule has 0 aromatic heterocycles. The molecule has 0 amide bonds. The van der Waals surface area contributed by atoms with E-state index in [1.807, 2.05) is 0 Å². The summed E-state index contributed by atoms with van der Waals surface area (Å²) in [5.41, 5.74) is 6.26. The number of ether oxygens (including phenoxy) is 1. The Labute approximate surface area is 86.4 Å². The number of morpholine rings is 1. The van der Waals surface area contributed by atoms with Crippen LogP contribution in [0, 0.1) is 5.92 Å². The molecule has 3 heteroatoms. The Hall–Kier alpha value is -0.120. The lowest BCUT2D eigenvalue weighted by molar-refractivity contribution is -0.00394. The Morgan fingerprint density at radius 3 is 2.64 bits per heavy atom. The van der Waals surface area contributed by atoms with Crippen molar-refractivity contribution < 1.29 is 4.74 Å². The summed E-state index contributed by atoms with van der Waals surface area (Å²) in [4.78, 5) is 0. The minimum absolute atomic E-state index is 0.253. The first-order valence-corrected chi connectivity index (χ1v) is 5.96. The highest BCUT2D eigenvalue weighted by Crippen LogP contribution is 2.27. The monoisotopic (exact) mass is 198 g/mol. The highest BCUT2D eigenvalue weighted by molar-refractivity contribution is 4.85. The zero-order valence-corrected chi connectivity index (χ0v) is 8.87. The van der Waals surface area contributed by atoms with E-state index in [4.69, 9.17) is 10.5 Å². The van der Waals surface area contributed by atoms with Crippen molar-refractivity contribution >= 4 is 0 Å². The van der Waals surface area contributed by atoms with E-state index < -0.39 is 0 Å². The summed E-state index contributed by atoms with van der Waals surface area (Å²) in [5.74, 6) is 0.702. The molecule has 14 heavy (non-hydrogen) atoms. The van der Waals surface area contributed by atoms with Gasteiger partial charge in [-0.25, -0.2) is 0 Å². The van der Waals surface area contributed by atoms with Gasteiger partial charge in [-0.1, -0.05) is 19.3 Å². The van der Waals surface area contributed by atoms with Crippen LogP contribution in [-0.2, 0) is 4.74 Å². The third-order valence-electron chi connectivity index (χ3n) is 3.58. The van der Waals surface area contributed by atoms with Gasteiger partial charge < -0.3 is 15.8 Å². The van der Waals surface area contributed by atoms with Crippen LogP contribution < -0.4 is 11.1 Å². The summed E-state index contributed by atoms with van der Waals surface area (Å²) in [6, 6.07) is 0.253. The van der Waals surface area contributed by atoms with Gasteiger partial charge in [-0.05, 0) is 18.8 Å². The van der Waals surface area contributed by atoms with Crippen LogP contribution in [0.5, 0.6) is 0 Å². The van der Waals surface area contributed by atoms with Crippen molar-refractivity contribution in [2.24, 2.45) is 11.7 Å². The molecule has 0 aromatic rings. The molecule has 2 fully saturated rings. The summed E-state index contributed by atoms with van der Waals surface area (Å²) in [5, 5.41) is 3.35. The second-order valence-corrected chi connectivity index (χ2v) is 4.59. The zero-order valence-electron chi connectivity index (χ0n) is 8.87. The molecule has 1 heterocycles. The third-order valence-corrected chi connectivity index (χ3v) is 3.58. The van der Waals surface area contributed by atoms with Crippen LogP contribution >= 0.6 is 0 Å². The Bertz CT molecular complexity index is 145. The van der Waals surface area contributed by atoms with Crippen LogP contribution in [0.1, 0.15) is 32.1 Å². The fourth-order valence-corrected chi connectivity index (χ4v) is 2.66. The predicted molar refractivity (Wildman–Crippen MR) is 57.2 cm³/mol. The van der Waals surface area contributed by atoms with Crippen LogP contribution in [0.4, 0.5) is 0 Å². The SMILES string of the molecule is NC(C1CCCCC1)C1CNCCO1. The van der Waals surface area contributed by atoms with Gasteiger partial charge in [0, 0.05) is 19.1 Å². The molecular formula is C11H22N2O. The van der Waals surface area contributed by atoms with Gasteiger partial charge in [0.2, 0.25) is 0 Å². The molecule has 0 bridgehead atoms. The van der Waals surface area contributed by atoms with Crippen LogP contribution in [0.25, 0.3) is 0 Å². The normalized spacial score (nSPS) is 32.8. The van der Waals surface area contributed by atoms with E-state index in [9.17, 15) is 0 Å². The van der Waals surface area contributed by atoms with E-state index in [1.54, 1.807) is 0 Å². The maximum atomic E-state index is 6.26. The van der Waals surface area contributed by atoms with Gasteiger partial charge in [-0.3, -0.25) is 0 Å². The van der Waals surface area contributed by atoms with E-state index in [0.29, 0.717) is 5.92 Å². The standard InChI is InChI=1S/C11H22N2O/c12-11(9-4-2-1-3-5-9)10-8-13-6-7-14-10/h9-11,13H,1-8,12H2. The van der Waals surface area contributed by atoms with Crippen molar-refractivity contribution in [3.63, 3.8) is 0 Å². The molecule has 2 unspecified atom stereocenters. The summed E-state index contributed by atoms with van der Waals surface area (Å²) in [6.45, 7) is 2.75. The molecule has 2 aliphatic rings. The Balaban J connectivity index is 1.82. The Morgan fingerprint density at radius 1 is 1.21 bits per heavy atom. The van der Waals surface area contributed by atoms with Gasteiger partial charge in [0.25, 0.3) is 0 Å². The van der Waals surface area contributed by atoms with Crippen molar-refractivity contribution in [1.29, 1.82) is 0 Å². The first kappa shape index (κ1) is 10.4. The predicted octanol–water partition coefficient (Wildman–Crippen LogP) is 0.882. The van der Waals surface area contributed by atoms with Gasteiger partial charge in [0.1, 0.15) is 0 Å². The zero-order chi connectivity index (χ0) is 9.80. The second kappa shape index (κ2) is 5.10. The number of rotatable bonds is 2. The highest BCUT2D eigenvalue weighted by Gasteiger charge is 2.29. The summed E-state index contributed by atoms with van der Waals surface area (Å²) in [6.07, 6.45) is 6.98. The summed E-state index contributed by atoms with van der Waals surface area (Å²) < 4.78 is 5.71. The average Bonchev–Trinajstić information content (AvgIpc) is 2.30. The van der Waals surface area contributed by atoms with E-state index in [0.717, 1.165) is 19.7 Å². The van der Waals surface area contributed by atoms with Gasteiger partial charge >= 0.3 is 0 Å². The highest BCUT2D eigenvalue weighted by atomic mass is 16.5. The van der Waals surface area contributed by atoms with E-state index in [-0.39, 0.29) is 12.1 Å². The quantitative estimate of drug-likeness (QED) is 0.692. The van der Waals surface area contributed by atoms with E-state index in [1.165, 1.54) is 32.1 Å². The minimum atomic E-state index is 0.253. The van der Waals surface area contributed by atoms with E-state index in [2.05, 4.69) is 5.32 Å². The number of hydrogen-bond acceptors (Lipinski definition) is 3. The average molecular weight is 198 g/mol. The third kappa shape index (κ3) is 2.47. The summed E-state index contributed by atoms with van der Waals surface area (Å²) >= 11 is 0. The molecule has 3 N–H and O–H groups in total. The number of nitrogens with one attached hydrogen (secondary N) is 1. The van der Waals surface area contributed by atoms with Crippen molar-refractivity contribution in [2.75, 3.05) is 19.7 Å². The molecule has 82 valence electrons. The lowest BCUT2D eigenvalue weighted by Crippen LogP contribution is -2.52. The molecule has 1 saturated carbocycles. The van der Waals surface area contributed by atoms with Crippen LogP contribution in [-0.4, -0.2) is 31.8 Å². The second-order valence-electron chi connectivity index (χ2n) is 4.59. The van der Waals surface area contributed by atoms with Crippen molar-refractivity contribution in [3.8, 4) is 0 Å². The lowest BCUT2D eigenvalue weighted by Gasteiger charge is -2.35. The van der Waals surface area contributed by atoms with Crippen LogP contribution in [0.3, 0.4) is 0 Å². The molecule has 2 rings (SSSR count). The molecule has 0 spiro atoms. The first-order chi connectivity index (χ1) is 6.88. The molecule has 2 atom stereocenters. The maximum absolute atomic E-state index is 6.26. The largest absolute Gasteiger partial charge is 0.374 e. The number of nitrogens with two attached hydrogens (primary N) is 1. The van der Waals surface area contributed by atoms with Gasteiger partial charge in [0.05, 0.1) is 12.7 Å². The molecule has 1 aliphatic heterocycles. The molecule has 0 aromatic carbocycles. The Morgan fingerprint density at radius 2 is 2.00 bits per heavy atom. The molecule has 0 radical (unpaired) electrons. The summed E-state index contributed by atoms with van der Waals surface area (Å²) in [7, 11) is 0. The molecular weight excluding hydrogens is 176 g/mol. The van der Waals surface area contributed by atoms with Gasteiger partial charge in [0.15, 0.2) is 0 Å². The molecule has 1 aliphatic carbocycles. The van der Waals surface area contributed by atoms with Crippen LogP contribution in [0.15, 0.2) is 0 Å². The van der Waals surface area contributed by atoms with E-state index >= 15 is 0 Å². The van der Waals surface area contributed by atoms with Crippen LogP contribution in [0.2, 0.25) is 0 Å². The van der Waals surface area contributed by atoms with Gasteiger partial charge in [-0.15, -0.1) is 0 Å². The first-order valence-electron chi connectivity index (χ1n) is 5.96. The fraction of sp³-hybridized carbons (Fsp3) is 1.00.